The smallest absolute Gasteiger partial charge is 0.0867 e. The maximum Gasteiger partial charge on any atom is 0.0867 e. The quantitative estimate of drug-likeness (QED) is 0.771. The van der Waals surface area contributed by atoms with E-state index >= 15 is 0 Å². The first-order valence-corrected chi connectivity index (χ1v) is 6.67. The number of hydrogen-bond acceptors (Lipinski definition) is 2. The summed E-state index contributed by atoms with van der Waals surface area (Å²) >= 11 is 0. The normalized spacial score (nSPS) is 52.4. The molecule has 0 amide bonds. The van der Waals surface area contributed by atoms with Crippen molar-refractivity contribution in [1.82, 2.24) is 5.48 Å². The Morgan fingerprint density at radius 1 is 1.33 bits per heavy atom. The second-order valence-corrected chi connectivity index (χ2v) is 6.06. The van der Waals surface area contributed by atoms with Crippen LogP contribution in [0.15, 0.2) is 0 Å². The average Bonchev–Trinajstić information content (AvgIpc) is 2.88. The molecule has 2 heteroatoms. The van der Waals surface area contributed by atoms with E-state index in [1.807, 2.05) is 0 Å². The number of hydroxylamine groups is 1. The maximum atomic E-state index is 5.87. The molecule has 15 heavy (non-hydrogen) atoms. The van der Waals surface area contributed by atoms with Gasteiger partial charge >= 0.3 is 0 Å². The lowest BCUT2D eigenvalue weighted by molar-refractivity contribution is -0.0138. The van der Waals surface area contributed by atoms with Gasteiger partial charge in [0, 0.05) is 11.5 Å². The largest absolute Gasteiger partial charge is 0.297 e. The Labute approximate surface area is 92.7 Å². The maximum absolute atomic E-state index is 5.87. The first kappa shape index (κ1) is 10.1. The summed E-state index contributed by atoms with van der Waals surface area (Å²) in [4.78, 5) is 5.87. The van der Waals surface area contributed by atoms with Gasteiger partial charge < -0.3 is 0 Å². The van der Waals surface area contributed by atoms with Crippen LogP contribution >= 0.6 is 0 Å². The van der Waals surface area contributed by atoms with Crippen molar-refractivity contribution in [2.24, 2.45) is 17.8 Å². The Kier molecular flexibility index (Phi) is 2.33. The summed E-state index contributed by atoms with van der Waals surface area (Å²) in [5, 5.41) is 0. The van der Waals surface area contributed by atoms with Gasteiger partial charge in [-0.15, -0.1) is 0 Å². The Hall–Kier alpha value is -0.0800. The lowest BCUT2D eigenvalue weighted by Crippen LogP contribution is -2.44. The minimum absolute atomic E-state index is 0.278. The van der Waals surface area contributed by atoms with E-state index in [1.54, 1.807) is 0 Å². The second-order valence-electron chi connectivity index (χ2n) is 6.06. The number of rotatable bonds is 3. The molecule has 3 aliphatic rings. The van der Waals surface area contributed by atoms with Crippen LogP contribution < -0.4 is 5.48 Å². The summed E-state index contributed by atoms with van der Waals surface area (Å²) in [6.45, 7) is 4.66. The molecule has 1 aliphatic heterocycles. The monoisotopic (exact) mass is 209 g/mol. The van der Waals surface area contributed by atoms with Crippen molar-refractivity contribution in [3.8, 4) is 0 Å². The molecule has 0 aromatic heterocycles. The highest BCUT2D eigenvalue weighted by molar-refractivity contribution is 5.09. The van der Waals surface area contributed by atoms with E-state index in [2.05, 4.69) is 19.3 Å². The number of fused-ring (bicyclic) bond motifs is 5. The summed E-state index contributed by atoms with van der Waals surface area (Å²) < 4.78 is 0. The molecule has 0 radical (unpaired) electrons. The van der Waals surface area contributed by atoms with E-state index < -0.39 is 0 Å². The van der Waals surface area contributed by atoms with Crippen molar-refractivity contribution in [2.75, 3.05) is 0 Å². The number of nitrogens with one attached hydrogen (secondary N) is 1. The highest BCUT2D eigenvalue weighted by Gasteiger charge is 2.59. The minimum Gasteiger partial charge on any atom is -0.297 e. The van der Waals surface area contributed by atoms with Gasteiger partial charge in [-0.2, -0.15) is 5.48 Å². The highest BCUT2D eigenvalue weighted by atomic mass is 16.7. The number of hydrogen-bond donors (Lipinski definition) is 1. The molecule has 1 heterocycles. The van der Waals surface area contributed by atoms with E-state index in [0.717, 1.165) is 17.8 Å². The fourth-order valence-electron chi connectivity index (χ4n) is 4.32. The molecule has 3 fully saturated rings. The van der Waals surface area contributed by atoms with Gasteiger partial charge in [-0.05, 0) is 44.4 Å². The number of unbranched alkanes of at least 4 members (excludes halogenated alkanes) is 1. The topological polar surface area (TPSA) is 21.3 Å². The molecular weight excluding hydrogens is 186 g/mol. The van der Waals surface area contributed by atoms with Gasteiger partial charge in [-0.25, -0.2) is 0 Å². The van der Waals surface area contributed by atoms with Crippen LogP contribution in [0.25, 0.3) is 0 Å². The second kappa shape index (κ2) is 3.46. The Balaban J connectivity index is 1.76. The molecule has 2 bridgehead atoms. The SMILES string of the molecule is CCCC[C@@]1(C)NO[C@H]2[C@@H]3CC[C@@H](C3)[C@H]21. The standard InChI is InChI=1S/C13H23NO/c1-3-4-7-13(2)11-9-5-6-10(8-9)12(11)15-14-13/h9-12,14H,3-8H2,1-2H3/t9-,10+,11+,12-,13+/m0/s1. The summed E-state index contributed by atoms with van der Waals surface area (Å²) in [6.07, 6.45) is 8.77. The minimum atomic E-state index is 0.278. The molecule has 0 spiro atoms. The molecule has 0 aromatic carbocycles. The summed E-state index contributed by atoms with van der Waals surface area (Å²) in [7, 11) is 0. The molecule has 3 rings (SSSR count). The van der Waals surface area contributed by atoms with Crippen LogP contribution in [0.4, 0.5) is 0 Å². The van der Waals surface area contributed by atoms with Crippen LogP contribution in [-0.2, 0) is 4.84 Å². The molecule has 2 nitrogen and oxygen atoms in total. The van der Waals surface area contributed by atoms with E-state index in [-0.39, 0.29) is 5.54 Å². The Morgan fingerprint density at radius 2 is 2.13 bits per heavy atom. The molecular formula is C13H23NO. The average molecular weight is 209 g/mol. The van der Waals surface area contributed by atoms with Crippen molar-refractivity contribution < 1.29 is 4.84 Å². The van der Waals surface area contributed by atoms with Crippen molar-refractivity contribution in [2.45, 2.75) is 64.0 Å². The lowest BCUT2D eigenvalue weighted by Gasteiger charge is -2.34. The van der Waals surface area contributed by atoms with Crippen LogP contribution in [0.3, 0.4) is 0 Å². The molecule has 1 N–H and O–H groups in total. The van der Waals surface area contributed by atoms with E-state index in [0.29, 0.717) is 6.10 Å². The van der Waals surface area contributed by atoms with Gasteiger partial charge in [0.15, 0.2) is 0 Å². The first-order chi connectivity index (χ1) is 7.24. The predicted molar refractivity (Wildman–Crippen MR) is 60.3 cm³/mol. The zero-order chi connectivity index (χ0) is 10.5. The van der Waals surface area contributed by atoms with Gasteiger partial charge in [-0.3, -0.25) is 4.84 Å². The van der Waals surface area contributed by atoms with Gasteiger partial charge in [0.1, 0.15) is 0 Å². The van der Waals surface area contributed by atoms with E-state index in [9.17, 15) is 0 Å². The van der Waals surface area contributed by atoms with Crippen molar-refractivity contribution >= 4 is 0 Å². The molecule has 2 saturated carbocycles. The Morgan fingerprint density at radius 3 is 2.93 bits per heavy atom. The zero-order valence-corrected chi connectivity index (χ0v) is 9.96. The summed E-state index contributed by atoms with van der Waals surface area (Å²) in [5.41, 5.74) is 3.65. The molecule has 1 saturated heterocycles. The van der Waals surface area contributed by atoms with Crippen molar-refractivity contribution in [3.05, 3.63) is 0 Å². The summed E-state index contributed by atoms with van der Waals surface area (Å²) in [5.74, 6) is 2.63. The van der Waals surface area contributed by atoms with Crippen molar-refractivity contribution in [1.29, 1.82) is 0 Å². The van der Waals surface area contributed by atoms with Crippen LogP contribution in [0.5, 0.6) is 0 Å². The summed E-state index contributed by atoms with van der Waals surface area (Å²) in [6, 6.07) is 0. The van der Waals surface area contributed by atoms with Gasteiger partial charge in [0.05, 0.1) is 6.10 Å². The lowest BCUT2D eigenvalue weighted by atomic mass is 9.72. The van der Waals surface area contributed by atoms with Crippen LogP contribution in [0.2, 0.25) is 0 Å². The predicted octanol–water partition coefficient (Wildman–Crippen LogP) is 2.88. The molecule has 86 valence electrons. The van der Waals surface area contributed by atoms with Gasteiger partial charge in [-0.1, -0.05) is 19.8 Å². The zero-order valence-electron chi connectivity index (χ0n) is 9.96. The van der Waals surface area contributed by atoms with Crippen LogP contribution in [0, 0.1) is 17.8 Å². The fraction of sp³-hybridized carbons (Fsp3) is 1.00. The van der Waals surface area contributed by atoms with E-state index in [1.165, 1.54) is 38.5 Å². The third-order valence-corrected chi connectivity index (χ3v) is 5.05. The van der Waals surface area contributed by atoms with Gasteiger partial charge in [0.2, 0.25) is 0 Å². The molecule has 0 aromatic rings. The molecule has 2 aliphatic carbocycles. The third kappa shape index (κ3) is 1.38. The fourth-order valence-corrected chi connectivity index (χ4v) is 4.32. The first-order valence-electron chi connectivity index (χ1n) is 6.67. The highest BCUT2D eigenvalue weighted by Crippen LogP contribution is 2.56. The molecule has 5 atom stereocenters. The van der Waals surface area contributed by atoms with Gasteiger partial charge in [0.25, 0.3) is 0 Å². The van der Waals surface area contributed by atoms with Crippen molar-refractivity contribution in [3.63, 3.8) is 0 Å². The molecule has 0 unspecified atom stereocenters. The van der Waals surface area contributed by atoms with E-state index in [4.69, 9.17) is 4.84 Å². The Bertz CT molecular complexity index is 255. The van der Waals surface area contributed by atoms with Crippen LogP contribution in [-0.4, -0.2) is 11.6 Å². The van der Waals surface area contributed by atoms with Crippen LogP contribution in [0.1, 0.15) is 52.4 Å². The third-order valence-electron chi connectivity index (χ3n) is 5.05.